The summed E-state index contributed by atoms with van der Waals surface area (Å²) < 4.78 is 20.6. The molecule has 0 bridgehead atoms. The number of aryl methyl sites for hydroxylation is 1. The fourth-order valence-electron chi connectivity index (χ4n) is 2.98. The molecule has 1 atom stereocenters. The van der Waals surface area contributed by atoms with Crippen LogP contribution in [-0.4, -0.2) is 20.9 Å². The first kappa shape index (κ1) is 17.6. The number of benzene rings is 2. The fourth-order valence-corrected chi connectivity index (χ4v) is 3.10. The molecule has 1 amide bonds. The highest BCUT2D eigenvalue weighted by molar-refractivity contribution is 6.31. The Bertz CT molecular complexity index is 1000. The largest absolute Gasteiger partial charge is 0.365 e. The molecule has 3 aromatic rings. The van der Waals surface area contributed by atoms with Gasteiger partial charge in [-0.05, 0) is 48.4 Å². The van der Waals surface area contributed by atoms with Gasteiger partial charge in [0.1, 0.15) is 11.9 Å². The minimum Gasteiger partial charge on any atom is -0.365 e. The van der Waals surface area contributed by atoms with Crippen LogP contribution in [0, 0.1) is 12.7 Å². The molecule has 0 spiro atoms. The zero-order valence-electron chi connectivity index (χ0n) is 14.4. The summed E-state index contributed by atoms with van der Waals surface area (Å²) in [5.74, 6) is -0.658. The third kappa shape index (κ3) is 3.56. The smallest absolute Gasteiger partial charge is 0.278 e. The van der Waals surface area contributed by atoms with Crippen molar-refractivity contribution < 1.29 is 13.9 Å². The number of hydrogen-bond acceptors (Lipinski definition) is 4. The molecule has 1 N–H and O–H groups in total. The second-order valence-electron chi connectivity index (χ2n) is 6.34. The lowest BCUT2D eigenvalue weighted by Gasteiger charge is -2.24. The molecule has 4 rings (SSSR count). The van der Waals surface area contributed by atoms with E-state index in [2.05, 4.69) is 15.6 Å². The Morgan fingerprint density at radius 2 is 2.07 bits per heavy atom. The van der Waals surface area contributed by atoms with Crippen LogP contribution < -0.4 is 5.32 Å². The van der Waals surface area contributed by atoms with Gasteiger partial charge in [0.25, 0.3) is 5.91 Å². The van der Waals surface area contributed by atoms with Gasteiger partial charge >= 0.3 is 0 Å². The van der Waals surface area contributed by atoms with Crippen LogP contribution in [0.2, 0.25) is 5.02 Å². The first-order valence-corrected chi connectivity index (χ1v) is 8.76. The van der Waals surface area contributed by atoms with Crippen molar-refractivity contribution in [3.63, 3.8) is 0 Å². The molecule has 0 fully saturated rings. The van der Waals surface area contributed by atoms with Crippen LogP contribution in [0.1, 0.15) is 33.4 Å². The number of amides is 1. The molecule has 2 heterocycles. The van der Waals surface area contributed by atoms with E-state index in [0.29, 0.717) is 22.9 Å². The zero-order valence-corrected chi connectivity index (χ0v) is 15.2. The standard InChI is InChI=1S/C19H16ClFN4O2/c1-11-8-14(6-7-15(11)20)22-19(26)18-16-10-27-17(9-25(16)24-23-18)12-2-4-13(21)5-3-12/h2-8,17H,9-10H2,1H3,(H,22,26)/t17-/m1/s1. The second-order valence-corrected chi connectivity index (χ2v) is 6.74. The van der Waals surface area contributed by atoms with E-state index in [1.807, 2.05) is 6.92 Å². The molecule has 27 heavy (non-hydrogen) atoms. The van der Waals surface area contributed by atoms with E-state index >= 15 is 0 Å². The molecule has 1 aliphatic heterocycles. The van der Waals surface area contributed by atoms with Crippen molar-refractivity contribution in [1.29, 1.82) is 0 Å². The van der Waals surface area contributed by atoms with E-state index in [4.69, 9.17) is 16.3 Å². The Balaban J connectivity index is 1.51. The van der Waals surface area contributed by atoms with Crippen molar-refractivity contribution in [2.45, 2.75) is 26.2 Å². The van der Waals surface area contributed by atoms with Crippen LogP contribution in [0.25, 0.3) is 0 Å². The monoisotopic (exact) mass is 386 g/mol. The summed E-state index contributed by atoms with van der Waals surface area (Å²) in [4.78, 5) is 12.6. The van der Waals surface area contributed by atoms with Gasteiger partial charge in [-0.25, -0.2) is 9.07 Å². The molecule has 0 aliphatic carbocycles. The molecule has 138 valence electrons. The molecular formula is C19H16ClFN4O2. The summed E-state index contributed by atoms with van der Waals surface area (Å²) in [6.07, 6.45) is -0.269. The summed E-state index contributed by atoms with van der Waals surface area (Å²) in [7, 11) is 0. The molecule has 1 aromatic heterocycles. The van der Waals surface area contributed by atoms with E-state index in [0.717, 1.165) is 11.1 Å². The summed E-state index contributed by atoms with van der Waals surface area (Å²) in [6, 6.07) is 11.4. The van der Waals surface area contributed by atoms with Crippen molar-refractivity contribution in [2.75, 3.05) is 5.32 Å². The Morgan fingerprint density at radius 1 is 1.30 bits per heavy atom. The van der Waals surface area contributed by atoms with E-state index in [9.17, 15) is 9.18 Å². The molecule has 6 nitrogen and oxygen atoms in total. The number of aromatic nitrogens is 3. The van der Waals surface area contributed by atoms with Crippen LogP contribution in [0.5, 0.6) is 0 Å². The van der Waals surface area contributed by atoms with Gasteiger partial charge in [0.05, 0.1) is 18.8 Å². The average Bonchev–Trinajstić information content (AvgIpc) is 3.08. The van der Waals surface area contributed by atoms with Gasteiger partial charge in [-0.2, -0.15) is 0 Å². The highest BCUT2D eigenvalue weighted by Gasteiger charge is 2.27. The normalized spacial score (nSPS) is 16.0. The number of nitrogens with zero attached hydrogens (tertiary/aromatic N) is 3. The number of ether oxygens (including phenoxy) is 1. The molecular weight excluding hydrogens is 371 g/mol. The second kappa shape index (κ2) is 7.09. The van der Waals surface area contributed by atoms with Crippen LogP contribution in [0.15, 0.2) is 42.5 Å². The molecule has 0 radical (unpaired) electrons. The predicted molar refractivity (Wildman–Crippen MR) is 98.1 cm³/mol. The number of rotatable bonds is 3. The van der Waals surface area contributed by atoms with E-state index in [1.54, 1.807) is 35.0 Å². The van der Waals surface area contributed by atoms with Crippen LogP contribution in [0.4, 0.5) is 10.1 Å². The lowest BCUT2D eigenvalue weighted by molar-refractivity contribution is -0.00174. The van der Waals surface area contributed by atoms with Crippen LogP contribution in [0.3, 0.4) is 0 Å². The van der Waals surface area contributed by atoms with Gasteiger partial charge < -0.3 is 10.1 Å². The highest BCUT2D eigenvalue weighted by Crippen LogP contribution is 2.27. The van der Waals surface area contributed by atoms with Crippen molar-refractivity contribution in [2.24, 2.45) is 0 Å². The van der Waals surface area contributed by atoms with Crippen molar-refractivity contribution in [3.05, 3.63) is 75.8 Å². The highest BCUT2D eigenvalue weighted by atomic mass is 35.5. The number of hydrogen-bond donors (Lipinski definition) is 1. The number of fused-ring (bicyclic) bond motifs is 1. The average molecular weight is 387 g/mol. The fraction of sp³-hybridized carbons (Fsp3) is 0.211. The molecule has 0 unspecified atom stereocenters. The Labute approximate surface area is 159 Å². The van der Waals surface area contributed by atoms with Gasteiger partial charge in [-0.1, -0.05) is 28.9 Å². The Hall–Kier alpha value is -2.77. The quantitative estimate of drug-likeness (QED) is 0.741. The van der Waals surface area contributed by atoms with Gasteiger partial charge in [0.15, 0.2) is 5.69 Å². The van der Waals surface area contributed by atoms with Crippen molar-refractivity contribution in [3.8, 4) is 0 Å². The molecule has 2 aromatic carbocycles. The molecule has 1 aliphatic rings. The minimum atomic E-state index is -0.359. The molecule has 8 heteroatoms. The SMILES string of the molecule is Cc1cc(NC(=O)c2nnn3c2CO[C@@H](c2ccc(F)cc2)C3)ccc1Cl. The predicted octanol–water partition coefficient (Wildman–Crippen LogP) is 3.90. The maximum absolute atomic E-state index is 13.1. The van der Waals surface area contributed by atoms with E-state index < -0.39 is 0 Å². The number of halogens is 2. The maximum atomic E-state index is 13.1. The third-order valence-electron chi connectivity index (χ3n) is 4.47. The van der Waals surface area contributed by atoms with Gasteiger partial charge in [-0.15, -0.1) is 5.10 Å². The lowest BCUT2D eigenvalue weighted by Crippen LogP contribution is -2.24. The van der Waals surface area contributed by atoms with Crippen molar-refractivity contribution >= 4 is 23.2 Å². The summed E-state index contributed by atoms with van der Waals surface area (Å²) >= 11 is 6.01. The van der Waals surface area contributed by atoms with Crippen LogP contribution >= 0.6 is 11.6 Å². The number of anilines is 1. The minimum absolute atomic E-state index is 0.192. The number of carbonyl (C=O) groups excluding carboxylic acids is 1. The number of carbonyl (C=O) groups is 1. The maximum Gasteiger partial charge on any atom is 0.278 e. The summed E-state index contributed by atoms with van der Waals surface area (Å²) in [5.41, 5.74) is 3.17. The van der Waals surface area contributed by atoms with Gasteiger partial charge in [-0.3, -0.25) is 4.79 Å². The Kier molecular flexibility index (Phi) is 4.63. The van der Waals surface area contributed by atoms with Crippen LogP contribution in [-0.2, 0) is 17.9 Å². The van der Waals surface area contributed by atoms with Gasteiger partial charge in [0.2, 0.25) is 0 Å². The van der Waals surface area contributed by atoms with Gasteiger partial charge in [0, 0.05) is 10.7 Å². The molecule has 0 saturated heterocycles. The van der Waals surface area contributed by atoms with E-state index in [1.165, 1.54) is 12.1 Å². The third-order valence-corrected chi connectivity index (χ3v) is 4.89. The number of nitrogens with one attached hydrogen (secondary N) is 1. The van der Waals surface area contributed by atoms with E-state index in [-0.39, 0.29) is 30.1 Å². The topological polar surface area (TPSA) is 69.0 Å². The lowest BCUT2D eigenvalue weighted by atomic mass is 10.1. The molecule has 0 saturated carbocycles. The zero-order chi connectivity index (χ0) is 19.0. The first-order valence-electron chi connectivity index (χ1n) is 8.38. The first-order chi connectivity index (χ1) is 13.0. The van der Waals surface area contributed by atoms with Crippen molar-refractivity contribution in [1.82, 2.24) is 15.0 Å². The summed E-state index contributed by atoms with van der Waals surface area (Å²) in [5, 5.41) is 11.5. The Morgan fingerprint density at radius 3 is 2.81 bits per heavy atom. The summed E-state index contributed by atoms with van der Waals surface area (Å²) in [6.45, 7) is 2.46.